The van der Waals surface area contributed by atoms with Gasteiger partial charge in [-0.25, -0.2) is 0 Å². The largest absolute Gasteiger partial charge is 0.394 e. The molecule has 3 heterocycles. The van der Waals surface area contributed by atoms with Crippen LogP contribution in [0.25, 0.3) is 0 Å². The number of allylic oxidation sites excluding steroid dienone is 2. The molecule has 0 radical (unpaired) electrons. The van der Waals surface area contributed by atoms with E-state index in [1.165, 1.54) is 19.4 Å². The molecule has 0 spiro atoms. The van der Waals surface area contributed by atoms with E-state index >= 15 is 0 Å². The van der Waals surface area contributed by atoms with Crippen molar-refractivity contribution in [1.29, 1.82) is 0 Å². The third-order valence-corrected chi connectivity index (χ3v) is 20.7. The molecule has 0 bridgehead atoms. The Morgan fingerprint density at radius 3 is 1.89 bits per heavy atom. The summed E-state index contributed by atoms with van der Waals surface area (Å²) >= 11 is 0. The second-order valence-corrected chi connectivity index (χ2v) is 24.4. The number of carbonyl (C=O) groups excluding carboxylic acids is 1. The van der Waals surface area contributed by atoms with Crippen molar-refractivity contribution < 1.29 is 74.1 Å². The zero-order valence-electron chi connectivity index (χ0n) is 42.6. The highest BCUT2D eigenvalue weighted by Gasteiger charge is 2.70. The van der Waals surface area contributed by atoms with E-state index in [0.29, 0.717) is 24.2 Å². The van der Waals surface area contributed by atoms with Gasteiger partial charge in [-0.2, -0.15) is 0 Å². The minimum absolute atomic E-state index is 0.0366. The van der Waals surface area contributed by atoms with Crippen LogP contribution in [0.2, 0.25) is 0 Å². The Bertz CT molecular complexity index is 2060. The molecular formula is C54H83NO15. The molecule has 1 aromatic carbocycles. The SMILES string of the molecule is C[C@H]1[C@H](C)CC[C@]2(C(=O)Nc3ccccc3)CC[C@]3(C)C(=CC[C@@H]4[C@@]5(C)CC[C@H](O[C@@H]6O[C@H](CO)[C@@H](O[C@@H]7O[C@@H](C)[C@H](O)[C@@H](O)[C@H]7O)[C@H](O)[C@H]6O[C@@H]6O[C@@H](C)[C@H](O)[C@@H](O)[C@H]6O)C(C)(C)[C@@H]5CC[C@]43C)[C@H]12. The van der Waals surface area contributed by atoms with Crippen LogP contribution in [0.5, 0.6) is 0 Å². The van der Waals surface area contributed by atoms with Crippen molar-refractivity contribution in [2.45, 2.75) is 218 Å². The first-order valence-corrected chi connectivity index (χ1v) is 26.3. The van der Waals surface area contributed by atoms with E-state index in [0.717, 1.165) is 57.1 Å². The molecule has 4 saturated carbocycles. The monoisotopic (exact) mass is 986 g/mol. The maximum absolute atomic E-state index is 14.7. The summed E-state index contributed by atoms with van der Waals surface area (Å²) in [6.45, 7) is 19.1. The first kappa shape index (κ1) is 52.7. The lowest BCUT2D eigenvalue weighted by Crippen LogP contribution is -2.68. The van der Waals surface area contributed by atoms with Crippen LogP contribution in [0.15, 0.2) is 42.0 Å². The lowest BCUT2D eigenvalue weighted by Gasteiger charge is -2.71. The first-order valence-electron chi connectivity index (χ1n) is 26.3. The van der Waals surface area contributed by atoms with Gasteiger partial charge in [-0.3, -0.25) is 4.79 Å². The van der Waals surface area contributed by atoms with Crippen LogP contribution < -0.4 is 5.32 Å². The molecule has 5 aliphatic carbocycles. The van der Waals surface area contributed by atoms with Crippen molar-refractivity contribution in [2.75, 3.05) is 11.9 Å². The molecule has 16 heteroatoms. The van der Waals surface area contributed by atoms with E-state index in [1.54, 1.807) is 0 Å². The Balaban J connectivity index is 0.984. The van der Waals surface area contributed by atoms with Gasteiger partial charge < -0.3 is 74.6 Å². The van der Waals surface area contributed by atoms with Gasteiger partial charge in [0, 0.05) is 5.69 Å². The number of fused-ring (bicyclic) bond motifs is 7. The molecule has 1 amide bonds. The van der Waals surface area contributed by atoms with Gasteiger partial charge in [-0.15, -0.1) is 0 Å². The van der Waals surface area contributed by atoms with E-state index < -0.39 is 116 Å². The van der Waals surface area contributed by atoms with Gasteiger partial charge in [0.25, 0.3) is 0 Å². The fraction of sp³-hybridized carbons (Fsp3) is 0.833. The van der Waals surface area contributed by atoms with Crippen LogP contribution in [-0.4, -0.2) is 152 Å². The average Bonchev–Trinajstić information content (AvgIpc) is 3.32. The van der Waals surface area contributed by atoms with E-state index in [-0.39, 0.29) is 34.0 Å². The molecule has 25 atom stereocenters. The molecule has 70 heavy (non-hydrogen) atoms. The van der Waals surface area contributed by atoms with Crippen LogP contribution in [0.1, 0.15) is 120 Å². The molecule has 16 nitrogen and oxygen atoms in total. The van der Waals surface area contributed by atoms with Crippen molar-refractivity contribution in [3.05, 3.63) is 42.0 Å². The van der Waals surface area contributed by atoms with Crippen molar-refractivity contribution in [1.82, 2.24) is 0 Å². The van der Waals surface area contributed by atoms with Gasteiger partial charge >= 0.3 is 0 Å². The van der Waals surface area contributed by atoms with Crippen LogP contribution in [0.3, 0.4) is 0 Å². The molecule has 3 aliphatic heterocycles. The summed E-state index contributed by atoms with van der Waals surface area (Å²) in [5, 5.41) is 90.4. The first-order chi connectivity index (χ1) is 32.9. The number of amides is 1. The Hall–Kier alpha value is -2.13. The predicted molar refractivity (Wildman–Crippen MR) is 255 cm³/mol. The van der Waals surface area contributed by atoms with Gasteiger partial charge in [0.05, 0.1) is 30.3 Å². The lowest BCUT2D eigenvalue weighted by atomic mass is 9.33. The smallest absolute Gasteiger partial charge is 0.231 e. The number of nitrogens with one attached hydrogen (secondary N) is 1. The van der Waals surface area contributed by atoms with Crippen molar-refractivity contribution >= 4 is 11.6 Å². The van der Waals surface area contributed by atoms with E-state index in [2.05, 4.69) is 59.9 Å². The number of carbonyl (C=O) groups is 1. The topological polar surface area (TPSA) is 246 Å². The van der Waals surface area contributed by atoms with Crippen LogP contribution in [0, 0.1) is 56.7 Å². The van der Waals surface area contributed by atoms with Gasteiger partial charge in [-0.1, -0.05) is 78.3 Å². The summed E-state index contributed by atoms with van der Waals surface area (Å²) in [4.78, 5) is 14.7. The Morgan fingerprint density at radius 2 is 1.27 bits per heavy atom. The van der Waals surface area contributed by atoms with Gasteiger partial charge in [0.1, 0.15) is 61.0 Å². The molecule has 0 aromatic heterocycles. The summed E-state index contributed by atoms with van der Waals surface area (Å²) in [5.41, 5.74) is 1.18. The number of rotatable bonds is 9. The fourth-order valence-electron chi connectivity index (χ4n) is 16.1. The third-order valence-electron chi connectivity index (χ3n) is 20.7. The zero-order chi connectivity index (χ0) is 50.6. The number of aliphatic hydroxyl groups is 8. The predicted octanol–water partition coefficient (Wildman–Crippen LogP) is 4.17. The molecule has 9 rings (SSSR count). The minimum Gasteiger partial charge on any atom is -0.394 e. The molecule has 7 fully saturated rings. The second kappa shape index (κ2) is 19.2. The Morgan fingerprint density at radius 1 is 0.657 bits per heavy atom. The fourth-order valence-corrected chi connectivity index (χ4v) is 16.1. The standard InChI is InChI=1S/C54H83NO15/c1-26-17-22-54(49(64)55-30-13-11-10-12-14-30)24-23-52(8)31(36(54)27(26)2)15-16-34-51(7)20-19-35(50(5,6)33(51)18-21-53(34,52)9)68-48-45(70-47-42(62)40(60)38(58)29(4)66-47)43(63)44(32(25-56)67-48)69-46-41(61)39(59)37(57)28(3)65-46/h10-15,26-29,32-48,56-63H,16-25H2,1-9H3,(H,55,64)/t26-,27+,28+,29+,32-,33+,34-,35+,36+,37+,38+,39-,40-,41-,42-,43+,44-,45-,46+,47+,48+,51+,52-,53-,54+/m1/s1. The molecule has 0 unspecified atom stereocenters. The average molecular weight is 986 g/mol. The quantitative estimate of drug-likeness (QED) is 0.125. The highest BCUT2D eigenvalue weighted by molar-refractivity contribution is 5.96. The maximum atomic E-state index is 14.7. The number of anilines is 1. The molecule has 1 aromatic rings. The zero-order valence-corrected chi connectivity index (χ0v) is 42.6. The highest BCUT2D eigenvalue weighted by atomic mass is 16.8. The van der Waals surface area contributed by atoms with Crippen LogP contribution in [0.4, 0.5) is 5.69 Å². The van der Waals surface area contributed by atoms with Crippen molar-refractivity contribution in [3.63, 3.8) is 0 Å². The number of hydrogen-bond donors (Lipinski definition) is 9. The van der Waals surface area contributed by atoms with Gasteiger partial charge in [0.15, 0.2) is 18.9 Å². The summed E-state index contributed by atoms with van der Waals surface area (Å²) in [6, 6.07) is 9.87. The number of ether oxygens (including phenoxy) is 6. The van der Waals surface area contributed by atoms with Crippen LogP contribution >= 0.6 is 0 Å². The number of hydrogen-bond acceptors (Lipinski definition) is 15. The summed E-state index contributed by atoms with van der Waals surface area (Å²) in [7, 11) is 0. The number of para-hydroxylation sites is 1. The van der Waals surface area contributed by atoms with Crippen LogP contribution in [-0.2, 0) is 33.2 Å². The number of benzene rings is 1. The molecule has 9 N–H and O–H groups in total. The lowest BCUT2D eigenvalue weighted by molar-refractivity contribution is -0.393. The van der Waals surface area contributed by atoms with Crippen molar-refractivity contribution in [3.8, 4) is 0 Å². The summed E-state index contributed by atoms with van der Waals surface area (Å²) in [6.07, 6.45) is -11.7. The molecule has 3 saturated heterocycles. The van der Waals surface area contributed by atoms with E-state index in [4.69, 9.17) is 28.4 Å². The second-order valence-electron chi connectivity index (χ2n) is 24.4. The van der Waals surface area contributed by atoms with E-state index in [9.17, 15) is 45.6 Å². The Kier molecular flexibility index (Phi) is 14.5. The molecule has 394 valence electrons. The molecular weight excluding hydrogens is 903 g/mol. The summed E-state index contributed by atoms with van der Waals surface area (Å²) < 4.78 is 37.4. The van der Waals surface area contributed by atoms with E-state index in [1.807, 2.05) is 30.3 Å². The highest BCUT2D eigenvalue weighted by Crippen LogP contribution is 2.76. The minimum atomic E-state index is -1.73. The maximum Gasteiger partial charge on any atom is 0.231 e. The normalized spacial score (nSPS) is 52.2. The third kappa shape index (κ3) is 8.29. The number of aliphatic hydroxyl groups excluding tert-OH is 8. The van der Waals surface area contributed by atoms with Gasteiger partial charge in [-0.05, 0) is 135 Å². The van der Waals surface area contributed by atoms with Crippen molar-refractivity contribution in [2.24, 2.45) is 56.7 Å². The molecule has 8 aliphatic rings. The summed E-state index contributed by atoms with van der Waals surface area (Å²) in [5.74, 6) is 1.72. The van der Waals surface area contributed by atoms with Gasteiger partial charge in [0.2, 0.25) is 5.91 Å². The Labute approximate surface area is 413 Å².